The van der Waals surface area contributed by atoms with Crippen molar-refractivity contribution >= 4 is 33.4 Å². The maximum atomic E-state index is 13.6. The molecule has 0 saturated carbocycles. The van der Waals surface area contributed by atoms with Gasteiger partial charge < -0.3 is 14.3 Å². The van der Waals surface area contributed by atoms with E-state index in [1.165, 1.54) is 12.1 Å². The minimum absolute atomic E-state index is 0.128. The molecule has 0 atom stereocenters. The first-order chi connectivity index (χ1) is 15.1. The third-order valence-corrected chi connectivity index (χ3v) is 5.65. The molecule has 2 aromatic heterocycles. The summed E-state index contributed by atoms with van der Waals surface area (Å²) in [6.07, 6.45) is 0. The maximum absolute atomic E-state index is 13.6. The van der Waals surface area contributed by atoms with Crippen molar-refractivity contribution < 1.29 is 8.81 Å². The maximum Gasteiger partial charge on any atom is 0.262 e. The van der Waals surface area contributed by atoms with Gasteiger partial charge in [-0.05, 0) is 55.3 Å². The molecule has 5 heteroatoms. The van der Waals surface area contributed by atoms with E-state index in [0.717, 1.165) is 22.2 Å². The normalized spacial score (nSPS) is 11.3. The number of fused-ring (bicyclic) bond motifs is 3. The summed E-state index contributed by atoms with van der Waals surface area (Å²) in [6.45, 7) is 4.48. The Labute approximate surface area is 178 Å². The third-order valence-electron chi connectivity index (χ3n) is 5.65. The molecule has 1 N–H and O–H groups in total. The lowest BCUT2D eigenvalue weighted by molar-refractivity contribution is 0.627. The van der Waals surface area contributed by atoms with E-state index < -0.39 is 0 Å². The highest BCUT2D eigenvalue weighted by Crippen LogP contribution is 2.41. The van der Waals surface area contributed by atoms with Crippen LogP contribution >= 0.6 is 0 Å². The average molecular weight is 412 g/mol. The van der Waals surface area contributed by atoms with Crippen LogP contribution in [0.5, 0.6) is 0 Å². The van der Waals surface area contributed by atoms with Crippen LogP contribution in [-0.2, 0) is 6.54 Å². The molecule has 0 aliphatic rings. The Morgan fingerprint density at radius 1 is 0.968 bits per heavy atom. The molecule has 0 aliphatic carbocycles. The number of aryl methyl sites for hydroxylation is 2. The number of halogens is 1. The van der Waals surface area contributed by atoms with E-state index in [9.17, 15) is 9.18 Å². The van der Waals surface area contributed by atoms with Crippen molar-refractivity contribution in [1.29, 1.82) is 0 Å². The summed E-state index contributed by atoms with van der Waals surface area (Å²) in [6, 6.07) is 21.7. The van der Waals surface area contributed by atoms with Crippen molar-refractivity contribution in [2.24, 2.45) is 0 Å². The smallest absolute Gasteiger partial charge is 0.262 e. The topological polar surface area (TPSA) is 47.2 Å². The lowest BCUT2D eigenvalue weighted by Crippen LogP contribution is -2.19. The van der Waals surface area contributed by atoms with Gasteiger partial charge in [0.15, 0.2) is 5.58 Å². The van der Waals surface area contributed by atoms with E-state index in [2.05, 4.69) is 5.32 Å². The number of para-hydroxylation sites is 2. The van der Waals surface area contributed by atoms with Crippen molar-refractivity contribution in [3.63, 3.8) is 0 Å². The Kier molecular flexibility index (Phi) is 4.59. The van der Waals surface area contributed by atoms with Gasteiger partial charge in [0.05, 0.1) is 16.5 Å². The van der Waals surface area contributed by atoms with Crippen LogP contribution in [0.2, 0.25) is 0 Å². The van der Waals surface area contributed by atoms with E-state index in [4.69, 9.17) is 4.42 Å². The van der Waals surface area contributed by atoms with E-state index in [0.29, 0.717) is 34.5 Å². The Morgan fingerprint density at radius 3 is 2.42 bits per heavy atom. The number of hydrogen-bond acceptors (Lipinski definition) is 3. The van der Waals surface area contributed by atoms with Crippen molar-refractivity contribution in [2.75, 3.05) is 5.32 Å². The molecular weight excluding hydrogens is 391 g/mol. The summed E-state index contributed by atoms with van der Waals surface area (Å²) in [5, 5.41) is 4.71. The number of rotatable bonds is 4. The molecule has 154 valence electrons. The number of benzene rings is 3. The first-order valence-corrected chi connectivity index (χ1v) is 10.2. The number of nitrogens with zero attached hydrogens (tertiary/aromatic N) is 1. The molecule has 4 nitrogen and oxygen atoms in total. The quantitative estimate of drug-likeness (QED) is 0.361. The minimum Gasteiger partial charge on any atom is -0.439 e. The predicted octanol–water partition coefficient (Wildman–Crippen LogP) is 6.63. The zero-order valence-electron chi connectivity index (χ0n) is 17.3. The van der Waals surface area contributed by atoms with Gasteiger partial charge in [-0.25, -0.2) is 4.39 Å². The standard InChI is InChI=1S/C26H21FN2O2/c1-3-29-21-11-7-5-9-19(21)24-23(26(29)30)22(17-12-14-18(27)15-13-17)25(31-24)28-20-10-6-4-8-16(20)2/h4-15,28H,3H2,1-2H3. The molecule has 0 amide bonds. The lowest BCUT2D eigenvalue weighted by atomic mass is 10.0. The summed E-state index contributed by atoms with van der Waals surface area (Å²) >= 11 is 0. The van der Waals surface area contributed by atoms with Crippen LogP contribution in [0.1, 0.15) is 12.5 Å². The van der Waals surface area contributed by atoms with E-state index >= 15 is 0 Å². The van der Waals surface area contributed by atoms with Gasteiger partial charge in [-0.1, -0.05) is 42.5 Å². The second-order valence-electron chi connectivity index (χ2n) is 7.52. The molecule has 0 radical (unpaired) electrons. The van der Waals surface area contributed by atoms with Crippen LogP contribution in [0, 0.1) is 12.7 Å². The number of pyridine rings is 1. The summed E-state index contributed by atoms with van der Waals surface area (Å²) in [7, 11) is 0. The van der Waals surface area contributed by atoms with Crippen LogP contribution < -0.4 is 10.9 Å². The zero-order chi connectivity index (χ0) is 21.5. The second-order valence-corrected chi connectivity index (χ2v) is 7.52. The monoisotopic (exact) mass is 412 g/mol. The SMILES string of the molecule is CCn1c(=O)c2c(-c3ccc(F)cc3)c(Nc3ccccc3C)oc2c2ccccc21. The molecule has 3 aromatic carbocycles. The number of aromatic nitrogens is 1. The average Bonchev–Trinajstić information content (AvgIpc) is 3.16. The van der Waals surface area contributed by atoms with Gasteiger partial charge >= 0.3 is 0 Å². The molecule has 31 heavy (non-hydrogen) atoms. The summed E-state index contributed by atoms with van der Waals surface area (Å²) < 4.78 is 21.7. The van der Waals surface area contributed by atoms with Crippen molar-refractivity contribution in [3.05, 3.63) is 94.5 Å². The Balaban J connectivity index is 1.90. The van der Waals surface area contributed by atoms with Gasteiger partial charge in [0.2, 0.25) is 5.88 Å². The van der Waals surface area contributed by atoms with Crippen molar-refractivity contribution in [3.8, 4) is 11.1 Å². The Bertz CT molecular complexity index is 1480. The van der Waals surface area contributed by atoms with Crippen LogP contribution in [-0.4, -0.2) is 4.57 Å². The minimum atomic E-state index is -0.332. The zero-order valence-corrected chi connectivity index (χ0v) is 17.3. The van der Waals surface area contributed by atoms with Crippen molar-refractivity contribution in [2.45, 2.75) is 20.4 Å². The highest BCUT2D eigenvalue weighted by molar-refractivity contribution is 6.11. The number of anilines is 2. The molecule has 5 aromatic rings. The van der Waals surface area contributed by atoms with Crippen molar-refractivity contribution in [1.82, 2.24) is 4.57 Å². The molecule has 0 spiro atoms. The third kappa shape index (κ3) is 3.10. The fourth-order valence-electron chi connectivity index (χ4n) is 4.10. The van der Waals surface area contributed by atoms with E-state index in [1.54, 1.807) is 16.7 Å². The van der Waals surface area contributed by atoms with E-state index in [-0.39, 0.29) is 11.4 Å². The molecule has 0 aliphatic heterocycles. The van der Waals surface area contributed by atoms with Crippen LogP contribution in [0.15, 0.2) is 82.0 Å². The van der Waals surface area contributed by atoms with Crippen LogP contribution in [0.25, 0.3) is 33.0 Å². The van der Waals surface area contributed by atoms with Crippen LogP contribution in [0.4, 0.5) is 16.0 Å². The molecule has 0 bridgehead atoms. The summed E-state index contributed by atoms with van der Waals surface area (Å²) in [4.78, 5) is 13.6. The van der Waals surface area contributed by atoms with Crippen LogP contribution in [0.3, 0.4) is 0 Å². The second kappa shape index (κ2) is 7.43. The number of hydrogen-bond donors (Lipinski definition) is 1. The fourth-order valence-corrected chi connectivity index (χ4v) is 4.10. The lowest BCUT2D eigenvalue weighted by Gasteiger charge is -2.10. The van der Waals surface area contributed by atoms with E-state index in [1.807, 2.05) is 62.4 Å². The molecule has 2 heterocycles. The van der Waals surface area contributed by atoms with Gasteiger partial charge in [0.1, 0.15) is 5.82 Å². The number of nitrogens with one attached hydrogen (secondary N) is 1. The van der Waals surface area contributed by atoms with Gasteiger partial charge in [0.25, 0.3) is 5.56 Å². The summed E-state index contributed by atoms with van der Waals surface area (Å²) in [5.74, 6) is 0.133. The number of furan rings is 1. The molecule has 0 fully saturated rings. The summed E-state index contributed by atoms with van der Waals surface area (Å²) in [5.41, 5.74) is 4.50. The van der Waals surface area contributed by atoms with Gasteiger partial charge in [-0.2, -0.15) is 0 Å². The highest BCUT2D eigenvalue weighted by Gasteiger charge is 2.23. The highest BCUT2D eigenvalue weighted by atomic mass is 19.1. The Morgan fingerprint density at radius 2 is 1.68 bits per heavy atom. The molecule has 0 saturated heterocycles. The largest absolute Gasteiger partial charge is 0.439 e. The first kappa shape index (κ1) is 19.1. The predicted molar refractivity (Wildman–Crippen MR) is 124 cm³/mol. The molecule has 0 unspecified atom stereocenters. The fraction of sp³-hybridized carbons (Fsp3) is 0.115. The Hall–Kier alpha value is -3.86. The van der Waals surface area contributed by atoms with Gasteiger partial charge in [-0.3, -0.25) is 4.79 Å². The van der Waals surface area contributed by atoms with Gasteiger partial charge in [-0.15, -0.1) is 0 Å². The van der Waals surface area contributed by atoms with Gasteiger partial charge in [0, 0.05) is 17.6 Å². The molecular formula is C26H21FN2O2. The first-order valence-electron chi connectivity index (χ1n) is 10.2. The molecule has 5 rings (SSSR count).